The number of nitrogens with zero attached hydrogens (tertiary/aromatic N) is 1. The van der Waals surface area contributed by atoms with Gasteiger partial charge < -0.3 is 10.6 Å². The summed E-state index contributed by atoms with van der Waals surface area (Å²) in [6.07, 6.45) is -4.40. The molecule has 0 aliphatic heterocycles. The molecule has 1 aromatic carbocycles. The van der Waals surface area contributed by atoms with Gasteiger partial charge in [0.1, 0.15) is 6.04 Å². The van der Waals surface area contributed by atoms with Crippen LogP contribution in [0.3, 0.4) is 0 Å². The van der Waals surface area contributed by atoms with Crippen LogP contribution < -0.4 is 10.6 Å². The van der Waals surface area contributed by atoms with Crippen LogP contribution in [0, 0.1) is 0 Å². The second-order valence-corrected chi connectivity index (χ2v) is 3.51. The average Bonchev–Trinajstić information content (AvgIpc) is 2.15. The molecule has 2 nitrogen and oxygen atoms in total. The molecule has 0 aromatic heterocycles. The molecule has 0 saturated heterocycles. The Hall–Kier alpha value is -1.23. The number of halogens is 3. The van der Waals surface area contributed by atoms with E-state index in [2.05, 4.69) is 0 Å². The summed E-state index contributed by atoms with van der Waals surface area (Å²) in [4.78, 5) is 1.73. The molecule has 0 saturated carbocycles. The smallest absolute Gasteiger partial charge is 0.378 e. The number of alkyl halides is 3. The van der Waals surface area contributed by atoms with Crippen LogP contribution in [-0.4, -0.2) is 20.3 Å². The van der Waals surface area contributed by atoms with Crippen molar-refractivity contribution in [3.05, 3.63) is 29.8 Å². The van der Waals surface area contributed by atoms with Gasteiger partial charge in [-0.3, -0.25) is 0 Å². The quantitative estimate of drug-likeness (QED) is 0.825. The van der Waals surface area contributed by atoms with Gasteiger partial charge in [0.25, 0.3) is 0 Å². The van der Waals surface area contributed by atoms with Crippen LogP contribution in [0.1, 0.15) is 11.6 Å². The van der Waals surface area contributed by atoms with Crippen LogP contribution >= 0.6 is 0 Å². The van der Waals surface area contributed by atoms with Crippen molar-refractivity contribution in [1.29, 1.82) is 0 Å². The highest BCUT2D eigenvalue weighted by Crippen LogP contribution is 2.31. The fraction of sp³-hybridized carbons (Fsp3) is 0.400. The summed E-state index contributed by atoms with van der Waals surface area (Å²) >= 11 is 0. The maximum atomic E-state index is 12.3. The van der Waals surface area contributed by atoms with E-state index in [4.69, 9.17) is 5.73 Å². The molecule has 0 radical (unpaired) electrons. The van der Waals surface area contributed by atoms with Crippen molar-refractivity contribution in [3.63, 3.8) is 0 Å². The molecule has 0 unspecified atom stereocenters. The van der Waals surface area contributed by atoms with E-state index in [9.17, 15) is 13.2 Å². The minimum atomic E-state index is -4.40. The van der Waals surface area contributed by atoms with Gasteiger partial charge in [-0.25, -0.2) is 0 Å². The largest absolute Gasteiger partial charge is 0.407 e. The van der Waals surface area contributed by atoms with Gasteiger partial charge in [0.15, 0.2) is 0 Å². The number of nitrogens with two attached hydrogens (primary N) is 1. The van der Waals surface area contributed by atoms with Crippen LogP contribution in [0.4, 0.5) is 18.9 Å². The van der Waals surface area contributed by atoms with Crippen LogP contribution in [0.2, 0.25) is 0 Å². The topological polar surface area (TPSA) is 29.3 Å². The van der Waals surface area contributed by atoms with Crippen molar-refractivity contribution in [3.8, 4) is 0 Å². The van der Waals surface area contributed by atoms with Gasteiger partial charge in [0.05, 0.1) is 0 Å². The summed E-state index contributed by atoms with van der Waals surface area (Å²) in [5.41, 5.74) is 5.88. The van der Waals surface area contributed by atoms with Gasteiger partial charge in [-0.2, -0.15) is 13.2 Å². The standard InChI is InChI=1S/C10H13F3N2/c1-15(2)8-5-3-4-7(6-8)9(14)10(11,12)13/h3-6,9H,14H2,1-2H3/t9-/m1/s1. The Labute approximate surface area is 86.5 Å². The van der Waals surface area contributed by atoms with Crippen molar-refractivity contribution in [2.45, 2.75) is 12.2 Å². The summed E-state index contributed by atoms with van der Waals surface area (Å²) in [5.74, 6) is 0. The number of anilines is 1. The fourth-order valence-corrected chi connectivity index (χ4v) is 1.19. The molecular weight excluding hydrogens is 205 g/mol. The van der Waals surface area contributed by atoms with Crippen LogP contribution in [-0.2, 0) is 0 Å². The van der Waals surface area contributed by atoms with Crippen LogP contribution in [0.25, 0.3) is 0 Å². The molecule has 1 rings (SSSR count). The van der Waals surface area contributed by atoms with E-state index in [0.29, 0.717) is 5.69 Å². The van der Waals surface area contributed by atoms with Gasteiger partial charge in [-0.15, -0.1) is 0 Å². The van der Waals surface area contributed by atoms with E-state index >= 15 is 0 Å². The Morgan fingerprint density at radius 2 is 1.87 bits per heavy atom. The second-order valence-electron chi connectivity index (χ2n) is 3.51. The first-order chi connectivity index (χ1) is 6.82. The van der Waals surface area contributed by atoms with Crippen molar-refractivity contribution >= 4 is 5.69 Å². The fourth-order valence-electron chi connectivity index (χ4n) is 1.19. The molecule has 15 heavy (non-hydrogen) atoms. The first-order valence-electron chi connectivity index (χ1n) is 4.42. The zero-order valence-electron chi connectivity index (χ0n) is 8.55. The van der Waals surface area contributed by atoms with Crippen LogP contribution in [0.15, 0.2) is 24.3 Å². The van der Waals surface area contributed by atoms with E-state index < -0.39 is 12.2 Å². The minimum Gasteiger partial charge on any atom is -0.378 e. The molecular formula is C10H13F3N2. The average molecular weight is 218 g/mol. The maximum Gasteiger partial charge on any atom is 0.407 e. The summed E-state index contributed by atoms with van der Waals surface area (Å²) < 4.78 is 37.0. The van der Waals surface area contributed by atoms with E-state index in [-0.39, 0.29) is 5.56 Å². The van der Waals surface area contributed by atoms with Gasteiger partial charge in [0, 0.05) is 19.8 Å². The molecule has 0 amide bonds. The zero-order valence-corrected chi connectivity index (χ0v) is 8.55. The molecule has 0 bridgehead atoms. The Kier molecular flexibility index (Phi) is 3.24. The Balaban J connectivity index is 3.00. The molecule has 84 valence electrons. The van der Waals surface area contributed by atoms with Crippen molar-refractivity contribution in [1.82, 2.24) is 0 Å². The van der Waals surface area contributed by atoms with Crippen molar-refractivity contribution < 1.29 is 13.2 Å². The van der Waals surface area contributed by atoms with Crippen molar-refractivity contribution in [2.75, 3.05) is 19.0 Å². The Morgan fingerprint density at radius 1 is 1.27 bits per heavy atom. The third-order valence-electron chi connectivity index (χ3n) is 2.10. The number of hydrogen-bond donors (Lipinski definition) is 1. The Bertz CT molecular complexity index is 334. The predicted octanol–water partition coefficient (Wildman–Crippen LogP) is 2.31. The lowest BCUT2D eigenvalue weighted by Gasteiger charge is -2.18. The predicted molar refractivity (Wildman–Crippen MR) is 53.8 cm³/mol. The van der Waals surface area contributed by atoms with E-state index in [1.54, 1.807) is 31.1 Å². The number of benzene rings is 1. The van der Waals surface area contributed by atoms with Gasteiger partial charge in [-0.1, -0.05) is 12.1 Å². The minimum absolute atomic E-state index is 0.0775. The zero-order chi connectivity index (χ0) is 11.6. The monoisotopic (exact) mass is 218 g/mol. The third kappa shape index (κ3) is 2.86. The lowest BCUT2D eigenvalue weighted by molar-refractivity contribution is -0.149. The molecule has 0 heterocycles. The molecule has 1 aromatic rings. The third-order valence-corrected chi connectivity index (χ3v) is 2.10. The summed E-state index contributed by atoms with van der Waals surface area (Å²) in [7, 11) is 3.52. The highest BCUT2D eigenvalue weighted by atomic mass is 19.4. The molecule has 0 fully saturated rings. The normalized spacial score (nSPS) is 13.7. The lowest BCUT2D eigenvalue weighted by Crippen LogP contribution is -2.28. The SMILES string of the molecule is CN(C)c1cccc([C@@H](N)C(F)(F)F)c1. The molecule has 5 heteroatoms. The molecule has 1 atom stereocenters. The summed E-state index contributed by atoms with van der Waals surface area (Å²) in [5, 5.41) is 0. The molecule has 2 N–H and O–H groups in total. The first-order valence-corrected chi connectivity index (χ1v) is 4.42. The molecule has 0 spiro atoms. The second kappa shape index (κ2) is 4.10. The lowest BCUT2D eigenvalue weighted by atomic mass is 10.1. The maximum absolute atomic E-state index is 12.3. The first kappa shape index (κ1) is 11.8. The summed E-state index contributed by atoms with van der Waals surface area (Å²) in [6, 6.07) is 4.20. The van der Waals surface area contributed by atoms with Crippen LogP contribution in [0.5, 0.6) is 0 Å². The van der Waals surface area contributed by atoms with Gasteiger partial charge in [-0.05, 0) is 17.7 Å². The summed E-state index contributed by atoms with van der Waals surface area (Å²) in [6.45, 7) is 0. The van der Waals surface area contributed by atoms with E-state index in [1.165, 1.54) is 12.1 Å². The molecule has 0 aliphatic rings. The highest BCUT2D eigenvalue weighted by molar-refractivity contribution is 5.47. The highest BCUT2D eigenvalue weighted by Gasteiger charge is 2.37. The molecule has 0 aliphatic carbocycles. The van der Waals surface area contributed by atoms with Crippen molar-refractivity contribution in [2.24, 2.45) is 5.73 Å². The number of rotatable bonds is 2. The Morgan fingerprint density at radius 3 is 2.33 bits per heavy atom. The van der Waals surface area contributed by atoms with Gasteiger partial charge >= 0.3 is 6.18 Å². The van der Waals surface area contributed by atoms with Gasteiger partial charge in [0.2, 0.25) is 0 Å². The van der Waals surface area contributed by atoms with E-state index in [0.717, 1.165) is 0 Å². The number of hydrogen-bond acceptors (Lipinski definition) is 2. The van der Waals surface area contributed by atoms with E-state index in [1.807, 2.05) is 0 Å².